The molecule has 0 aliphatic heterocycles. The number of hydrogen-bond donors (Lipinski definition) is 5. The molecule has 1 aromatic rings. The van der Waals surface area contributed by atoms with Crippen molar-refractivity contribution in [2.45, 2.75) is 19.0 Å². The molecule has 0 aliphatic carbocycles. The van der Waals surface area contributed by atoms with Crippen LogP contribution in [0, 0.1) is 0 Å². The first-order valence-corrected chi connectivity index (χ1v) is 6.49. The van der Waals surface area contributed by atoms with Gasteiger partial charge in [0, 0.05) is 18.4 Å². The third kappa shape index (κ3) is 5.10. The summed E-state index contributed by atoms with van der Waals surface area (Å²) >= 11 is 0. The predicted octanol–water partition coefficient (Wildman–Crippen LogP) is -1.19. The molecular formula is C7H15N3O3Si. The minimum atomic E-state index is -3.84. The number of aromatic amines is 1. The minimum Gasteiger partial charge on any atom is -0.390 e. The average Bonchev–Trinajstić information content (AvgIpc) is 2.54. The first-order chi connectivity index (χ1) is 6.58. The Balaban J connectivity index is 2.00. The molecule has 0 unspecified atom stereocenters. The van der Waals surface area contributed by atoms with Crippen molar-refractivity contribution in [1.29, 1.82) is 0 Å². The second kappa shape index (κ2) is 5.22. The number of hydrogen-bond acceptors (Lipinski definition) is 5. The highest BCUT2D eigenvalue weighted by molar-refractivity contribution is 6.56. The van der Waals surface area contributed by atoms with Gasteiger partial charge in [-0.15, -0.1) is 0 Å². The van der Waals surface area contributed by atoms with Gasteiger partial charge in [-0.1, -0.05) is 0 Å². The third-order valence-electron chi connectivity index (χ3n) is 1.71. The van der Waals surface area contributed by atoms with Gasteiger partial charge in [0.05, 0.1) is 6.54 Å². The molecule has 5 N–H and O–H groups in total. The maximum absolute atomic E-state index is 8.70. The minimum absolute atomic E-state index is 0.0676. The largest absolute Gasteiger partial charge is 0.492 e. The van der Waals surface area contributed by atoms with Crippen LogP contribution in [-0.2, 0) is 6.54 Å². The summed E-state index contributed by atoms with van der Waals surface area (Å²) in [6.07, 6.45) is 3.95. The zero-order valence-corrected chi connectivity index (χ0v) is 8.77. The van der Waals surface area contributed by atoms with Gasteiger partial charge < -0.3 is 24.7 Å². The molecule has 1 heterocycles. The van der Waals surface area contributed by atoms with E-state index >= 15 is 0 Å². The Kier molecular flexibility index (Phi) is 4.23. The molecular weight excluding hydrogens is 202 g/mol. The number of imidazole rings is 1. The van der Waals surface area contributed by atoms with Crippen LogP contribution in [0.4, 0.5) is 0 Å². The van der Waals surface area contributed by atoms with Gasteiger partial charge in [0.1, 0.15) is 5.82 Å². The van der Waals surface area contributed by atoms with E-state index in [1.807, 2.05) is 0 Å². The first kappa shape index (κ1) is 11.3. The number of H-pyrrole nitrogens is 1. The summed E-state index contributed by atoms with van der Waals surface area (Å²) in [5.74, 6) is 0.838. The topological polar surface area (TPSA) is 101 Å². The summed E-state index contributed by atoms with van der Waals surface area (Å²) in [5, 5.41) is 3.06. The Labute approximate surface area is 83.0 Å². The smallest absolute Gasteiger partial charge is 0.390 e. The molecule has 0 fully saturated rings. The molecule has 80 valence electrons. The molecule has 0 bridgehead atoms. The maximum Gasteiger partial charge on any atom is 0.492 e. The summed E-state index contributed by atoms with van der Waals surface area (Å²) < 4.78 is 0. The molecule has 0 atom stereocenters. The van der Waals surface area contributed by atoms with Gasteiger partial charge in [0.2, 0.25) is 0 Å². The van der Waals surface area contributed by atoms with Gasteiger partial charge in [-0.2, -0.15) is 0 Å². The SMILES string of the molecule is O[Si](O)(O)CCCNCc1ncc[nH]1. The molecule has 6 nitrogen and oxygen atoms in total. The Bertz CT molecular complexity index is 247. The summed E-state index contributed by atoms with van der Waals surface area (Å²) in [5.41, 5.74) is 0. The second-order valence-corrected chi connectivity index (χ2v) is 5.14. The van der Waals surface area contributed by atoms with Crippen molar-refractivity contribution in [1.82, 2.24) is 15.3 Å². The Hall–Kier alpha value is -0.733. The average molecular weight is 217 g/mol. The van der Waals surface area contributed by atoms with Gasteiger partial charge in [0.25, 0.3) is 0 Å². The van der Waals surface area contributed by atoms with Gasteiger partial charge in [-0.25, -0.2) is 4.98 Å². The van der Waals surface area contributed by atoms with Crippen molar-refractivity contribution in [2.24, 2.45) is 0 Å². The molecule has 0 saturated carbocycles. The monoisotopic (exact) mass is 217 g/mol. The Morgan fingerprint density at radius 1 is 1.43 bits per heavy atom. The van der Waals surface area contributed by atoms with E-state index in [1.54, 1.807) is 12.4 Å². The Morgan fingerprint density at radius 2 is 2.21 bits per heavy atom. The van der Waals surface area contributed by atoms with Crippen molar-refractivity contribution >= 4 is 8.80 Å². The lowest BCUT2D eigenvalue weighted by Gasteiger charge is -2.08. The van der Waals surface area contributed by atoms with Gasteiger partial charge >= 0.3 is 8.80 Å². The highest BCUT2D eigenvalue weighted by Crippen LogP contribution is 1.99. The highest BCUT2D eigenvalue weighted by Gasteiger charge is 2.25. The van der Waals surface area contributed by atoms with Crippen LogP contribution in [0.25, 0.3) is 0 Å². The quantitative estimate of drug-likeness (QED) is 0.304. The molecule has 0 amide bonds. The molecule has 7 heteroatoms. The van der Waals surface area contributed by atoms with E-state index in [0.29, 0.717) is 19.5 Å². The van der Waals surface area contributed by atoms with E-state index in [1.165, 1.54) is 0 Å². The van der Waals surface area contributed by atoms with Crippen LogP contribution < -0.4 is 5.32 Å². The van der Waals surface area contributed by atoms with Crippen molar-refractivity contribution in [3.05, 3.63) is 18.2 Å². The molecule has 0 aromatic carbocycles. The normalized spacial score (nSPS) is 11.9. The molecule has 0 saturated heterocycles. The predicted molar refractivity (Wildman–Crippen MR) is 52.1 cm³/mol. The number of nitrogens with one attached hydrogen (secondary N) is 2. The van der Waals surface area contributed by atoms with Crippen molar-refractivity contribution in [3.8, 4) is 0 Å². The van der Waals surface area contributed by atoms with E-state index in [0.717, 1.165) is 5.82 Å². The zero-order chi connectivity index (χ0) is 10.4. The van der Waals surface area contributed by atoms with Crippen LogP contribution in [0.5, 0.6) is 0 Å². The maximum atomic E-state index is 8.70. The van der Waals surface area contributed by atoms with Crippen LogP contribution in [-0.4, -0.2) is 39.7 Å². The first-order valence-electron chi connectivity index (χ1n) is 4.44. The highest BCUT2D eigenvalue weighted by atomic mass is 28.4. The fourth-order valence-corrected chi connectivity index (χ4v) is 1.70. The lowest BCUT2D eigenvalue weighted by Crippen LogP contribution is -2.35. The van der Waals surface area contributed by atoms with Gasteiger partial charge in [0.15, 0.2) is 0 Å². The molecule has 0 aliphatic rings. The van der Waals surface area contributed by atoms with Crippen molar-refractivity contribution in [2.75, 3.05) is 6.54 Å². The second-order valence-electron chi connectivity index (χ2n) is 3.09. The molecule has 1 rings (SSSR count). The molecule has 0 radical (unpaired) electrons. The summed E-state index contributed by atoms with van der Waals surface area (Å²) in [6.45, 7) is 1.24. The zero-order valence-electron chi connectivity index (χ0n) is 7.77. The van der Waals surface area contributed by atoms with E-state index in [9.17, 15) is 0 Å². The van der Waals surface area contributed by atoms with Crippen molar-refractivity contribution in [3.63, 3.8) is 0 Å². The van der Waals surface area contributed by atoms with Crippen molar-refractivity contribution < 1.29 is 14.4 Å². The van der Waals surface area contributed by atoms with Crippen LogP contribution in [0.1, 0.15) is 12.2 Å². The summed E-state index contributed by atoms with van der Waals surface area (Å²) in [7, 11) is -3.84. The van der Waals surface area contributed by atoms with Crippen LogP contribution in [0.15, 0.2) is 12.4 Å². The standard InChI is InChI=1S/C7H15N3O3Si/c11-14(12,13)5-1-2-8-6-7-9-3-4-10-7/h3-4,8,11-13H,1-2,5-6H2,(H,9,10). The molecule has 14 heavy (non-hydrogen) atoms. The lowest BCUT2D eigenvalue weighted by atomic mass is 10.4. The van der Waals surface area contributed by atoms with E-state index < -0.39 is 8.80 Å². The summed E-state index contributed by atoms with van der Waals surface area (Å²) in [4.78, 5) is 33.1. The van der Waals surface area contributed by atoms with Crippen LogP contribution in [0.3, 0.4) is 0 Å². The van der Waals surface area contributed by atoms with E-state index in [2.05, 4.69) is 15.3 Å². The molecule has 0 spiro atoms. The molecule has 1 aromatic heterocycles. The van der Waals surface area contributed by atoms with Gasteiger partial charge in [-0.05, 0) is 13.0 Å². The Morgan fingerprint density at radius 3 is 2.79 bits per heavy atom. The van der Waals surface area contributed by atoms with Crippen LogP contribution >= 0.6 is 0 Å². The van der Waals surface area contributed by atoms with E-state index in [-0.39, 0.29) is 6.04 Å². The fourth-order valence-electron chi connectivity index (χ4n) is 1.05. The third-order valence-corrected chi connectivity index (χ3v) is 2.74. The van der Waals surface area contributed by atoms with Gasteiger partial charge in [-0.3, -0.25) is 0 Å². The number of aromatic nitrogens is 2. The number of nitrogens with zero attached hydrogens (tertiary/aromatic N) is 1. The van der Waals surface area contributed by atoms with Crippen LogP contribution in [0.2, 0.25) is 6.04 Å². The fraction of sp³-hybridized carbons (Fsp3) is 0.571. The summed E-state index contributed by atoms with van der Waals surface area (Å²) in [6, 6.07) is 0.0676. The number of rotatable bonds is 6. The van der Waals surface area contributed by atoms with E-state index in [4.69, 9.17) is 14.4 Å². The lowest BCUT2D eigenvalue weighted by molar-refractivity contribution is 0.226.